The molecular weight excluding hydrogens is 234 g/mol. The van der Waals surface area contributed by atoms with Crippen molar-refractivity contribution < 1.29 is 0 Å². The molecule has 2 aliphatic heterocycles. The molecule has 2 heterocycles. The lowest BCUT2D eigenvalue weighted by atomic mass is 9.83. The van der Waals surface area contributed by atoms with Gasteiger partial charge < -0.3 is 5.73 Å². The van der Waals surface area contributed by atoms with Crippen LogP contribution in [-0.4, -0.2) is 54.1 Å². The molecule has 0 aromatic rings. The van der Waals surface area contributed by atoms with Crippen LogP contribution in [-0.2, 0) is 0 Å². The largest absolute Gasteiger partial charge is 0.329 e. The molecule has 0 radical (unpaired) electrons. The van der Waals surface area contributed by atoms with E-state index in [1.165, 1.54) is 71.1 Å². The summed E-state index contributed by atoms with van der Waals surface area (Å²) in [4.78, 5) is 5.55. The molecule has 3 heteroatoms. The van der Waals surface area contributed by atoms with Gasteiger partial charge in [-0.3, -0.25) is 9.80 Å². The molecular formula is C16H31N3. The number of piperidine rings is 1. The van der Waals surface area contributed by atoms with Gasteiger partial charge in [0.15, 0.2) is 0 Å². The van der Waals surface area contributed by atoms with Crippen LogP contribution in [0, 0.1) is 5.92 Å². The Bertz CT molecular complexity index is 302. The third-order valence-electron chi connectivity index (χ3n) is 5.72. The van der Waals surface area contributed by atoms with Gasteiger partial charge in [-0.05, 0) is 57.5 Å². The summed E-state index contributed by atoms with van der Waals surface area (Å²) in [6.07, 6.45) is 9.66. The monoisotopic (exact) mass is 265 g/mol. The first-order valence-electron chi connectivity index (χ1n) is 8.49. The van der Waals surface area contributed by atoms with Crippen LogP contribution in [0.2, 0.25) is 0 Å². The molecule has 19 heavy (non-hydrogen) atoms. The summed E-state index contributed by atoms with van der Waals surface area (Å²) in [6.45, 7) is 8.34. The summed E-state index contributed by atoms with van der Waals surface area (Å²) in [7, 11) is 0. The number of fused-ring (bicyclic) bond motifs is 1. The van der Waals surface area contributed by atoms with Crippen LogP contribution in [0.4, 0.5) is 0 Å². The van der Waals surface area contributed by atoms with Crippen LogP contribution in [0.1, 0.15) is 51.9 Å². The molecule has 0 aromatic heterocycles. The van der Waals surface area contributed by atoms with E-state index in [9.17, 15) is 0 Å². The van der Waals surface area contributed by atoms with Gasteiger partial charge in [0.1, 0.15) is 0 Å². The number of nitrogens with two attached hydrogens (primary N) is 1. The molecule has 2 saturated heterocycles. The van der Waals surface area contributed by atoms with E-state index in [4.69, 9.17) is 5.73 Å². The van der Waals surface area contributed by atoms with E-state index in [-0.39, 0.29) is 0 Å². The zero-order chi connectivity index (χ0) is 13.3. The summed E-state index contributed by atoms with van der Waals surface area (Å²) < 4.78 is 0. The summed E-state index contributed by atoms with van der Waals surface area (Å²) >= 11 is 0. The number of rotatable bonds is 6. The highest BCUT2D eigenvalue weighted by atomic mass is 15.3. The molecule has 0 spiro atoms. The second-order valence-electron chi connectivity index (χ2n) is 6.99. The molecule has 110 valence electrons. The van der Waals surface area contributed by atoms with Crippen LogP contribution >= 0.6 is 0 Å². The van der Waals surface area contributed by atoms with Gasteiger partial charge in [-0.25, -0.2) is 0 Å². The van der Waals surface area contributed by atoms with Crippen LogP contribution in [0.5, 0.6) is 0 Å². The van der Waals surface area contributed by atoms with E-state index in [0.717, 1.165) is 18.5 Å². The molecule has 3 fully saturated rings. The quantitative estimate of drug-likeness (QED) is 0.798. The van der Waals surface area contributed by atoms with Gasteiger partial charge in [0.2, 0.25) is 0 Å². The SMILES string of the molecule is CCCN(CC1CC1)C1(CN)CCN2CCCCC21. The van der Waals surface area contributed by atoms with Crippen LogP contribution in [0.25, 0.3) is 0 Å². The van der Waals surface area contributed by atoms with Crippen LogP contribution < -0.4 is 5.73 Å². The van der Waals surface area contributed by atoms with Crippen molar-refractivity contribution in [3.63, 3.8) is 0 Å². The molecule has 1 saturated carbocycles. The fourth-order valence-corrected chi connectivity index (χ4v) is 4.48. The zero-order valence-electron chi connectivity index (χ0n) is 12.6. The normalized spacial score (nSPS) is 35.8. The molecule has 3 aliphatic rings. The van der Waals surface area contributed by atoms with Crippen molar-refractivity contribution in [2.45, 2.75) is 63.5 Å². The van der Waals surface area contributed by atoms with Gasteiger partial charge in [-0.1, -0.05) is 13.3 Å². The second kappa shape index (κ2) is 5.71. The third-order valence-corrected chi connectivity index (χ3v) is 5.72. The molecule has 3 nitrogen and oxygen atoms in total. The van der Waals surface area contributed by atoms with Gasteiger partial charge in [-0.2, -0.15) is 0 Å². The first-order valence-corrected chi connectivity index (χ1v) is 8.49. The van der Waals surface area contributed by atoms with Gasteiger partial charge in [0, 0.05) is 31.2 Å². The van der Waals surface area contributed by atoms with Crippen molar-refractivity contribution >= 4 is 0 Å². The number of nitrogens with zero attached hydrogens (tertiary/aromatic N) is 2. The molecule has 2 unspecified atom stereocenters. The maximum Gasteiger partial charge on any atom is 0.0498 e. The maximum absolute atomic E-state index is 6.33. The molecule has 1 aliphatic carbocycles. The molecule has 0 aromatic carbocycles. The molecule has 3 rings (SSSR count). The summed E-state index contributed by atoms with van der Waals surface area (Å²) in [5, 5.41) is 0. The van der Waals surface area contributed by atoms with Crippen molar-refractivity contribution in [3.05, 3.63) is 0 Å². The van der Waals surface area contributed by atoms with Crippen molar-refractivity contribution in [1.82, 2.24) is 9.80 Å². The Morgan fingerprint density at radius 1 is 1.21 bits per heavy atom. The van der Waals surface area contributed by atoms with Gasteiger partial charge in [-0.15, -0.1) is 0 Å². The second-order valence-corrected chi connectivity index (χ2v) is 6.99. The highest BCUT2D eigenvalue weighted by Crippen LogP contribution is 2.41. The predicted octanol–water partition coefficient (Wildman–Crippen LogP) is 2.06. The van der Waals surface area contributed by atoms with Crippen molar-refractivity contribution in [2.75, 3.05) is 32.7 Å². The van der Waals surface area contributed by atoms with E-state index in [2.05, 4.69) is 16.7 Å². The molecule has 0 bridgehead atoms. The fraction of sp³-hybridized carbons (Fsp3) is 1.00. The first-order chi connectivity index (χ1) is 9.30. The standard InChI is InChI=1S/C16H31N3/c1-2-9-19(12-14-6-7-14)16(13-17)8-11-18-10-4-3-5-15(16)18/h14-15H,2-13,17H2,1H3. The summed E-state index contributed by atoms with van der Waals surface area (Å²) in [5.41, 5.74) is 6.64. The highest BCUT2D eigenvalue weighted by Gasteiger charge is 2.50. The smallest absolute Gasteiger partial charge is 0.0498 e. The average Bonchev–Trinajstić information content (AvgIpc) is 3.18. The lowest BCUT2D eigenvalue weighted by molar-refractivity contribution is 0.0338. The Morgan fingerprint density at radius 2 is 2.05 bits per heavy atom. The van der Waals surface area contributed by atoms with Crippen LogP contribution in [0.15, 0.2) is 0 Å². The van der Waals surface area contributed by atoms with Gasteiger partial charge in [0.05, 0.1) is 0 Å². The van der Waals surface area contributed by atoms with E-state index in [1.807, 2.05) is 0 Å². The fourth-order valence-electron chi connectivity index (χ4n) is 4.48. The Balaban J connectivity index is 1.78. The topological polar surface area (TPSA) is 32.5 Å². The van der Waals surface area contributed by atoms with E-state index in [1.54, 1.807) is 0 Å². The summed E-state index contributed by atoms with van der Waals surface area (Å²) in [6, 6.07) is 0.747. The minimum Gasteiger partial charge on any atom is -0.329 e. The molecule has 2 N–H and O–H groups in total. The van der Waals surface area contributed by atoms with E-state index < -0.39 is 0 Å². The van der Waals surface area contributed by atoms with Crippen molar-refractivity contribution in [2.24, 2.45) is 11.7 Å². The molecule has 0 amide bonds. The zero-order valence-corrected chi connectivity index (χ0v) is 12.6. The Hall–Kier alpha value is -0.120. The first kappa shape index (κ1) is 13.8. The third kappa shape index (κ3) is 2.57. The molecule has 2 atom stereocenters. The lowest BCUT2D eigenvalue weighted by Gasteiger charge is -2.47. The van der Waals surface area contributed by atoms with Crippen molar-refractivity contribution in [3.8, 4) is 0 Å². The van der Waals surface area contributed by atoms with Gasteiger partial charge >= 0.3 is 0 Å². The van der Waals surface area contributed by atoms with E-state index >= 15 is 0 Å². The summed E-state index contributed by atoms with van der Waals surface area (Å²) in [5.74, 6) is 0.979. The number of hydrogen-bond donors (Lipinski definition) is 1. The Labute approximate surface area is 118 Å². The average molecular weight is 265 g/mol. The van der Waals surface area contributed by atoms with E-state index in [0.29, 0.717) is 5.54 Å². The maximum atomic E-state index is 6.33. The minimum atomic E-state index is 0.305. The lowest BCUT2D eigenvalue weighted by Crippen LogP contribution is -2.62. The van der Waals surface area contributed by atoms with Gasteiger partial charge in [0.25, 0.3) is 0 Å². The predicted molar refractivity (Wildman–Crippen MR) is 80.2 cm³/mol. The van der Waals surface area contributed by atoms with Crippen LogP contribution in [0.3, 0.4) is 0 Å². The Morgan fingerprint density at radius 3 is 2.74 bits per heavy atom. The Kier molecular flexibility index (Phi) is 4.16. The van der Waals surface area contributed by atoms with Crippen molar-refractivity contribution in [1.29, 1.82) is 0 Å². The number of hydrogen-bond acceptors (Lipinski definition) is 3. The highest BCUT2D eigenvalue weighted by molar-refractivity contribution is 5.09. The minimum absolute atomic E-state index is 0.305.